The fourth-order valence-electron chi connectivity index (χ4n) is 3.68. The number of nitrogens with one attached hydrogen (secondary N) is 1. The summed E-state index contributed by atoms with van der Waals surface area (Å²) in [5.74, 6) is 0.977. The van der Waals surface area contributed by atoms with Crippen molar-refractivity contribution in [1.82, 2.24) is 19.8 Å². The van der Waals surface area contributed by atoms with Crippen molar-refractivity contribution < 1.29 is 29.3 Å². The molecule has 36 heavy (non-hydrogen) atoms. The SMILES string of the molecule is Cc1cccc(OCCCN2CCN(C(=O)Cc3c(C)nc(N)[nH]c3=O)CC2)c1C.O=CO.O=CO. The maximum Gasteiger partial charge on any atom is 0.290 e. The molecule has 1 amide bonds. The number of hydrogen-bond acceptors (Lipinski definition) is 8. The predicted molar refractivity (Wildman–Crippen MR) is 134 cm³/mol. The zero-order chi connectivity index (χ0) is 27.1. The summed E-state index contributed by atoms with van der Waals surface area (Å²) in [7, 11) is 0. The first kappa shape index (κ1) is 30.1. The standard InChI is InChI=1S/C22H31N5O3.2CH2O2/c1-15-6-4-7-19(16(15)2)30-13-5-8-26-9-11-27(12-10-26)20(28)14-18-17(3)24-22(23)25-21(18)29;2*2-1-3/h4,6-7H,5,8-14H2,1-3H3,(H3,23,24,25,29);2*1H,(H,2,3). The first-order valence-corrected chi connectivity index (χ1v) is 11.4. The van der Waals surface area contributed by atoms with Gasteiger partial charge in [-0.1, -0.05) is 12.1 Å². The molecule has 0 bridgehead atoms. The van der Waals surface area contributed by atoms with E-state index >= 15 is 0 Å². The molecule has 0 aliphatic carbocycles. The fraction of sp³-hybridized carbons (Fsp3) is 0.458. The van der Waals surface area contributed by atoms with Crippen molar-refractivity contribution in [2.75, 3.05) is 45.1 Å². The number of nitrogen functional groups attached to an aromatic ring is 1. The summed E-state index contributed by atoms with van der Waals surface area (Å²) >= 11 is 0. The number of carbonyl (C=O) groups is 3. The van der Waals surface area contributed by atoms with Crippen LogP contribution in [0, 0.1) is 20.8 Å². The molecule has 12 heteroatoms. The highest BCUT2D eigenvalue weighted by Crippen LogP contribution is 2.20. The number of benzene rings is 1. The largest absolute Gasteiger partial charge is 0.493 e. The minimum Gasteiger partial charge on any atom is -0.493 e. The molecule has 5 N–H and O–H groups in total. The Hall–Kier alpha value is -3.93. The Morgan fingerprint density at radius 2 is 1.75 bits per heavy atom. The number of carbonyl (C=O) groups excluding carboxylic acids is 1. The maximum absolute atomic E-state index is 12.6. The van der Waals surface area contributed by atoms with Crippen LogP contribution in [-0.4, -0.2) is 88.2 Å². The normalized spacial score (nSPS) is 12.9. The Morgan fingerprint density at radius 1 is 1.14 bits per heavy atom. The molecule has 1 fully saturated rings. The van der Waals surface area contributed by atoms with E-state index < -0.39 is 0 Å². The molecule has 1 aromatic carbocycles. The number of nitrogens with zero attached hydrogens (tertiary/aromatic N) is 3. The molecule has 0 spiro atoms. The van der Waals surface area contributed by atoms with Gasteiger partial charge in [0.05, 0.1) is 18.7 Å². The number of anilines is 1. The van der Waals surface area contributed by atoms with Crippen LogP contribution in [0.5, 0.6) is 5.75 Å². The number of aromatic amines is 1. The highest BCUT2D eigenvalue weighted by Gasteiger charge is 2.22. The minimum atomic E-state index is -0.337. The van der Waals surface area contributed by atoms with Crippen LogP contribution in [0.25, 0.3) is 0 Å². The van der Waals surface area contributed by atoms with E-state index in [1.165, 1.54) is 11.1 Å². The lowest BCUT2D eigenvalue weighted by Gasteiger charge is -2.34. The van der Waals surface area contributed by atoms with E-state index in [-0.39, 0.29) is 36.8 Å². The van der Waals surface area contributed by atoms with Crippen molar-refractivity contribution in [1.29, 1.82) is 0 Å². The van der Waals surface area contributed by atoms with E-state index in [0.717, 1.165) is 31.8 Å². The third-order valence-corrected chi connectivity index (χ3v) is 5.72. The number of H-pyrrole nitrogens is 1. The number of hydrogen-bond donors (Lipinski definition) is 4. The van der Waals surface area contributed by atoms with E-state index in [0.29, 0.717) is 31.0 Å². The number of amides is 1. The smallest absolute Gasteiger partial charge is 0.290 e. The van der Waals surface area contributed by atoms with Crippen molar-refractivity contribution in [2.24, 2.45) is 0 Å². The maximum atomic E-state index is 12.6. The predicted octanol–water partition coefficient (Wildman–Crippen LogP) is 0.835. The molecule has 0 radical (unpaired) electrons. The Labute approximate surface area is 209 Å². The Kier molecular flexibility index (Phi) is 13.3. The van der Waals surface area contributed by atoms with E-state index in [4.69, 9.17) is 30.3 Å². The highest BCUT2D eigenvalue weighted by atomic mass is 16.5. The van der Waals surface area contributed by atoms with Crippen molar-refractivity contribution >= 4 is 24.8 Å². The van der Waals surface area contributed by atoms with Gasteiger partial charge in [0, 0.05) is 38.3 Å². The number of carboxylic acid groups (broad SMARTS) is 2. The van der Waals surface area contributed by atoms with Crippen LogP contribution >= 0.6 is 0 Å². The Morgan fingerprint density at radius 3 is 2.33 bits per heavy atom. The average molecular weight is 506 g/mol. The summed E-state index contributed by atoms with van der Waals surface area (Å²) in [6.07, 6.45) is 0.991. The van der Waals surface area contributed by atoms with Crippen LogP contribution in [0.1, 0.15) is 28.8 Å². The number of aryl methyl sites for hydroxylation is 2. The molecule has 2 aromatic rings. The lowest BCUT2D eigenvalue weighted by molar-refractivity contribution is -0.132. The molecule has 1 aromatic heterocycles. The second-order valence-electron chi connectivity index (χ2n) is 8.03. The zero-order valence-electron chi connectivity index (χ0n) is 20.9. The van der Waals surface area contributed by atoms with Gasteiger partial charge in [-0.3, -0.25) is 29.1 Å². The van der Waals surface area contributed by atoms with Crippen LogP contribution in [0.2, 0.25) is 0 Å². The van der Waals surface area contributed by atoms with Crippen LogP contribution in [-0.2, 0) is 20.8 Å². The van der Waals surface area contributed by atoms with Gasteiger partial charge in [-0.05, 0) is 44.4 Å². The number of rotatable bonds is 7. The van der Waals surface area contributed by atoms with E-state index in [1.54, 1.807) is 6.92 Å². The number of nitrogens with two attached hydrogens (primary N) is 1. The molecular weight excluding hydrogens is 470 g/mol. The van der Waals surface area contributed by atoms with Crippen LogP contribution in [0.4, 0.5) is 5.95 Å². The minimum absolute atomic E-state index is 0.0481. The lowest BCUT2D eigenvalue weighted by Crippen LogP contribution is -2.49. The molecular formula is C24H35N5O7. The monoisotopic (exact) mass is 505 g/mol. The van der Waals surface area contributed by atoms with Gasteiger partial charge < -0.3 is 25.6 Å². The van der Waals surface area contributed by atoms with Gasteiger partial charge in [0.25, 0.3) is 18.5 Å². The van der Waals surface area contributed by atoms with Gasteiger partial charge in [0.1, 0.15) is 5.75 Å². The molecule has 1 saturated heterocycles. The fourth-order valence-corrected chi connectivity index (χ4v) is 3.68. The van der Waals surface area contributed by atoms with Crippen LogP contribution < -0.4 is 16.0 Å². The molecule has 1 aliphatic heterocycles. The Balaban J connectivity index is 0.000000982. The summed E-state index contributed by atoms with van der Waals surface area (Å²) in [5, 5.41) is 13.8. The van der Waals surface area contributed by atoms with Gasteiger partial charge in [0.15, 0.2) is 0 Å². The summed E-state index contributed by atoms with van der Waals surface area (Å²) in [5.41, 5.74) is 8.52. The van der Waals surface area contributed by atoms with E-state index in [1.807, 2.05) is 17.0 Å². The summed E-state index contributed by atoms with van der Waals surface area (Å²) < 4.78 is 5.93. The van der Waals surface area contributed by atoms with Gasteiger partial charge in [0.2, 0.25) is 11.9 Å². The molecule has 198 valence electrons. The number of aromatic nitrogens is 2. The summed E-state index contributed by atoms with van der Waals surface area (Å²) in [6.45, 7) is 9.96. The van der Waals surface area contributed by atoms with Crippen molar-refractivity contribution in [3.63, 3.8) is 0 Å². The van der Waals surface area contributed by atoms with Gasteiger partial charge >= 0.3 is 0 Å². The third kappa shape index (κ3) is 9.74. The Bertz CT molecular complexity index is 1040. The second-order valence-corrected chi connectivity index (χ2v) is 8.03. The van der Waals surface area contributed by atoms with Gasteiger partial charge in [-0.15, -0.1) is 0 Å². The first-order chi connectivity index (χ1) is 17.2. The van der Waals surface area contributed by atoms with E-state index in [9.17, 15) is 9.59 Å². The lowest BCUT2D eigenvalue weighted by atomic mass is 10.1. The molecule has 0 saturated carbocycles. The van der Waals surface area contributed by atoms with Crippen LogP contribution in [0.3, 0.4) is 0 Å². The molecule has 0 atom stereocenters. The van der Waals surface area contributed by atoms with Crippen LogP contribution in [0.15, 0.2) is 23.0 Å². The summed E-state index contributed by atoms with van der Waals surface area (Å²) in [6, 6.07) is 6.12. The van der Waals surface area contributed by atoms with Crippen molar-refractivity contribution in [2.45, 2.75) is 33.6 Å². The van der Waals surface area contributed by atoms with Gasteiger partial charge in [-0.2, -0.15) is 0 Å². The highest BCUT2D eigenvalue weighted by molar-refractivity contribution is 5.79. The summed E-state index contributed by atoms with van der Waals surface area (Å²) in [4.78, 5) is 52.1. The van der Waals surface area contributed by atoms with Crippen molar-refractivity contribution in [3.8, 4) is 5.75 Å². The number of ether oxygens (including phenoxy) is 1. The molecule has 0 unspecified atom stereocenters. The molecule has 1 aliphatic rings. The average Bonchev–Trinajstić information content (AvgIpc) is 2.83. The van der Waals surface area contributed by atoms with E-state index in [2.05, 4.69) is 34.8 Å². The topological polar surface area (TPSA) is 179 Å². The number of piperazine rings is 1. The second kappa shape index (κ2) is 15.9. The van der Waals surface area contributed by atoms with Crippen molar-refractivity contribution in [3.05, 3.63) is 50.9 Å². The molecule has 12 nitrogen and oxygen atoms in total. The molecule has 3 rings (SSSR count). The van der Waals surface area contributed by atoms with Gasteiger partial charge in [-0.25, -0.2) is 4.98 Å². The zero-order valence-corrected chi connectivity index (χ0v) is 20.9. The quantitative estimate of drug-likeness (QED) is 0.311. The molecule has 2 heterocycles. The first-order valence-electron chi connectivity index (χ1n) is 11.4. The third-order valence-electron chi connectivity index (χ3n) is 5.72.